The lowest BCUT2D eigenvalue weighted by molar-refractivity contribution is -0.124. The highest BCUT2D eigenvalue weighted by Gasteiger charge is 2.47. The summed E-state index contributed by atoms with van der Waals surface area (Å²) in [4.78, 5) is 12.4. The molecule has 19 heavy (non-hydrogen) atoms. The van der Waals surface area contributed by atoms with E-state index in [4.69, 9.17) is 0 Å². The quantitative estimate of drug-likeness (QED) is 0.890. The highest BCUT2D eigenvalue weighted by Crippen LogP contribution is 2.45. The second kappa shape index (κ2) is 4.50. The van der Waals surface area contributed by atoms with Gasteiger partial charge in [-0.2, -0.15) is 5.10 Å². The van der Waals surface area contributed by atoms with Crippen molar-refractivity contribution in [3.8, 4) is 0 Å². The highest BCUT2D eigenvalue weighted by molar-refractivity contribution is 5.99. The van der Waals surface area contributed by atoms with Crippen molar-refractivity contribution in [2.24, 2.45) is 0 Å². The van der Waals surface area contributed by atoms with Crippen molar-refractivity contribution in [3.63, 3.8) is 0 Å². The van der Waals surface area contributed by atoms with Crippen LogP contribution < -0.4 is 5.32 Å². The van der Waals surface area contributed by atoms with Crippen molar-refractivity contribution in [3.05, 3.63) is 48.0 Å². The molecule has 1 aromatic heterocycles. The van der Waals surface area contributed by atoms with Crippen molar-refractivity contribution in [2.45, 2.75) is 24.7 Å². The van der Waals surface area contributed by atoms with Gasteiger partial charge in [0.1, 0.15) is 5.82 Å². The maximum absolute atomic E-state index is 13.9. The van der Waals surface area contributed by atoms with E-state index in [0.29, 0.717) is 24.1 Å². The van der Waals surface area contributed by atoms with Gasteiger partial charge in [-0.05, 0) is 18.9 Å². The van der Waals surface area contributed by atoms with Crippen LogP contribution in [0.3, 0.4) is 0 Å². The van der Waals surface area contributed by atoms with E-state index < -0.39 is 5.41 Å². The third-order valence-electron chi connectivity index (χ3n) is 3.79. The lowest BCUT2D eigenvalue weighted by Crippen LogP contribution is -2.46. The zero-order valence-electron chi connectivity index (χ0n) is 10.3. The smallest absolute Gasteiger partial charge is 0.235 e. The van der Waals surface area contributed by atoms with Crippen LogP contribution in [0.25, 0.3) is 0 Å². The fourth-order valence-corrected chi connectivity index (χ4v) is 2.57. The largest absolute Gasteiger partial charge is 0.323 e. The van der Waals surface area contributed by atoms with Crippen LogP contribution >= 0.6 is 0 Å². The molecule has 0 saturated heterocycles. The Labute approximate surface area is 110 Å². The standard InChI is InChI=1S/C14H14FN3O/c15-12-5-2-1-4-11(12)14(6-3-7-14)13(19)18-10-8-16-17-9-10/h1-2,4-5,8-9H,3,6-7H2,(H,16,17)(H,18,19). The Morgan fingerprint density at radius 1 is 1.37 bits per heavy atom. The molecule has 0 spiro atoms. The van der Waals surface area contributed by atoms with Gasteiger partial charge >= 0.3 is 0 Å². The van der Waals surface area contributed by atoms with E-state index in [-0.39, 0.29) is 11.7 Å². The van der Waals surface area contributed by atoms with E-state index in [0.717, 1.165) is 6.42 Å². The number of aromatic nitrogens is 2. The number of rotatable bonds is 3. The van der Waals surface area contributed by atoms with Gasteiger partial charge in [0.25, 0.3) is 0 Å². The first-order chi connectivity index (χ1) is 9.22. The van der Waals surface area contributed by atoms with Gasteiger partial charge in [-0.1, -0.05) is 24.6 Å². The summed E-state index contributed by atoms with van der Waals surface area (Å²) in [5.74, 6) is -0.477. The number of halogens is 1. The molecule has 2 N–H and O–H groups in total. The first-order valence-corrected chi connectivity index (χ1v) is 6.28. The Bertz CT molecular complexity index is 590. The Hall–Kier alpha value is -2.17. The van der Waals surface area contributed by atoms with Crippen LogP contribution in [-0.2, 0) is 10.2 Å². The molecule has 0 bridgehead atoms. The molecule has 1 aliphatic carbocycles. The molecule has 1 heterocycles. The fraction of sp³-hybridized carbons (Fsp3) is 0.286. The molecule has 98 valence electrons. The predicted octanol–water partition coefficient (Wildman–Crippen LogP) is 2.61. The molecule has 1 amide bonds. The third kappa shape index (κ3) is 1.91. The molecule has 1 saturated carbocycles. The zero-order valence-corrected chi connectivity index (χ0v) is 10.3. The summed E-state index contributed by atoms with van der Waals surface area (Å²) in [5, 5.41) is 9.20. The van der Waals surface area contributed by atoms with Gasteiger partial charge in [-0.25, -0.2) is 4.39 Å². The second-order valence-corrected chi connectivity index (χ2v) is 4.86. The minimum Gasteiger partial charge on any atom is -0.323 e. The summed E-state index contributed by atoms with van der Waals surface area (Å²) in [5.41, 5.74) is 0.359. The Kier molecular flexibility index (Phi) is 2.81. The van der Waals surface area contributed by atoms with Gasteiger partial charge in [0.05, 0.1) is 17.3 Å². The summed E-state index contributed by atoms with van der Waals surface area (Å²) in [6, 6.07) is 6.51. The van der Waals surface area contributed by atoms with Gasteiger partial charge < -0.3 is 5.32 Å². The van der Waals surface area contributed by atoms with E-state index in [1.54, 1.807) is 24.4 Å². The Morgan fingerprint density at radius 2 is 2.16 bits per heavy atom. The monoisotopic (exact) mass is 259 g/mol. The molecule has 0 radical (unpaired) electrons. The van der Waals surface area contributed by atoms with Crippen LogP contribution in [0.2, 0.25) is 0 Å². The molecule has 2 aromatic rings. The first-order valence-electron chi connectivity index (χ1n) is 6.28. The number of hydrogen-bond acceptors (Lipinski definition) is 2. The maximum Gasteiger partial charge on any atom is 0.235 e. The average Bonchev–Trinajstić information content (AvgIpc) is 2.83. The minimum absolute atomic E-state index is 0.162. The number of carbonyl (C=O) groups is 1. The molecule has 4 nitrogen and oxygen atoms in total. The second-order valence-electron chi connectivity index (χ2n) is 4.86. The molecule has 1 aliphatic rings. The van der Waals surface area contributed by atoms with Crippen LogP contribution in [0, 0.1) is 5.82 Å². The average molecular weight is 259 g/mol. The van der Waals surface area contributed by atoms with Crippen LogP contribution in [-0.4, -0.2) is 16.1 Å². The van der Waals surface area contributed by atoms with E-state index in [9.17, 15) is 9.18 Å². The van der Waals surface area contributed by atoms with Crippen molar-refractivity contribution in [1.82, 2.24) is 10.2 Å². The fourth-order valence-electron chi connectivity index (χ4n) is 2.57. The summed E-state index contributed by atoms with van der Waals surface area (Å²) < 4.78 is 13.9. The van der Waals surface area contributed by atoms with E-state index >= 15 is 0 Å². The number of amides is 1. The first kappa shape index (κ1) is 11.9. The predicted molar refractivity (Wildman–Crippen MR) is 69.1 cm³/mol. The molecule has 1 aromatic carbocycles. The summed E-state index contributed by atoms with van der Waals surface area (Å²) in [6.07, 6.45) is 5.43. The molecular weight excluding hydrogens is 245 g/mol. The summed E-state index contributed by atoms with van der Waals surface area (Å²) >= 11 is 0. The minimum atomic E-state index is -0.734. The van der Waals surface area contributed by atoms with E-state index in [2.05, 4.69) is 15.5 Å². The zero-order chi connectivity index (χ0) is 13.3. The van der Waals surface area contributed by atoms with Crippen molar-refractivity contribution < 1.29 is 9.18 Å². The third-order valence-corrected chi connectivity index (χ3v) is 3.79. The summed E-state index contributed by atoms with van der Waals surface area (Å²) in [6.45, 7) is 0. The number of H-pyrrole nitrogens is 1. The molecule has 3 rings (SSSR count). The van der Waals surface area contributed by atoms with Crippen LogP contribution in [0.15, 0.2) is 36.7 Å². The molecular formula is C14H14FN3O. The van der Waals surface area contributed by atoms with Crippen LogP contribution in [0.1, 0.15) is 24.8 Å². The van der Waals surface area contributed by atoms with Gasteiger partial charge in [0.2, 0.25) is 5.91 Å². The molecule has 0 atom stereocenters. The summed E-state index contributed by atoms with van der Waals surface area (Å²) in [7, 11) is 0. The normalized spacial score (nSPS) is 16.7. The molecule has 0 aliphatic heterocycles. The van der Waals surface area contributed by atoms with Gasteiger partial charge in [0, 0.05) is 11.8 Å². The number of hydrogen-bond donors (Lipinski definition) is 2. The van der Waals surface area contributed by atoms with Gasteiger partial charge in [-0.15, -0.1) is 0 Å². The lowest BCUT2D eigenvalue weighted by atomic mass is 9.63. The number of nitrogens with zero attached hydrogens (tertiary/aromatic N) is 1. The van der Waals surface area contributed by atoms with Crippen molar-refractivity contribution in [2.75, 3.05) is 5.32 Å². The number of nitrogens with one attached hydrogen (secondary N) is 2. The maximum atomic E-state index is 13.9. The number of anilines is 1. The van der Waals surface area contributed by atoms with Crippen molar-refractivity contribution >= 4 is 11.6 Å². The topological polar surface area (TPSA) is 57.8 Å². The number of benzene rings is 1. The number of aromatic amines is 1. The molecule has 5 heteroatoms. The SMILES string of the molecule is O=C(Nc1cn[nH]c1)C1(c2ccccc2F)CCC1. The number of carbonyl (C=O) groups excluding carboxylic acids is 1. The molecule has 1 fully saturated rings. The van der Waals surface area contributed by atoms with Gasteiger partial charge in [0.15, 0.2) is 0 Å². The Morgan fingerprint density at radius 3 is 2.74 bits per heavy atom. The van der Waals surface area contributed by atoms with Crippen LogP contribution in [0.5, 0.6) is 0 Å². The van der Waals surface area contributed by atoms with Crippen LogP contribution in [0.4, 0.5) is 10.1 Å². The highest BCUT2D eigenvalue weighted by atomic mass is 19.1. The molecule has 0 unspecified atom stereocenters. The van der Waals surface area contributed by atoms with Gasteiger partial charge in [-0.3, -0.25) is 9.89 Å². The lowest BCUT2D eigenvalue weighted by Gasteiger charge is -2.40. The Balaban J connectivity index is 1.91. The van der Waals surface area contributed by atoms with Crippen molar-refractivity contribution in [1.29, 1.82) is 0 Å². The van der Waals surface area contributed by atoms with E-state index in [1.807, 2.05) is 0 Å². The van der Waals surface area contributed by atoms with E-state index in [1.165, 1.54) is 12.3 Å².